The van der Waals surface area contributed by atoms with Crippen LogP contribution in [0.3, 0.4) is 0 Å². The fourth-order valence-corrected chi connectivity index (χ4v) is 3.89. The van der Waals surface area contributed by atoms with Gasteiger partial charge in [0.05, 0.1) is 0 Å². The van der Waals surface area contributed by atoms with Gasteiger partial charge in [-0.3, -0.25) is 14.4 Å². The lowest BCUT2D eigenvalue weighted by atomic mass is 9.88. The number of halogens is 1. The normalized spacial score (nSPS) is 16.2. The summed E-state index contributed by atoms with van der Waals surface area (Å²) in [6.45, 7) is 4.79. The van der Waals surface area contributed by atoms with Crippen molar-refractivity contribution in [2.45, 2.75) is 45.2 Å². The minimum Gasteiger partial charge on any atom is -0.352 e. The van der Waals surface area contributed by atoms with E-state index in [9.17, 15) is 18.8 Å². The number of nitrogens with one attached hydrogen (secondary N) is 2. The van der Waals surface area contributed by atoms with Gasteiger partial charge in [-0.15, -0.1) is 0 Å². The van der Waals surface area contributed by atoms with Crippen LogP contribution in [-0.4, -0.2) is 47.8 Å². The van der Waals surface area contributed by atoms with Crippen molar-refractivity contribution in [3.63, 3.8) is 0 Å². The molecule has 1 heterocycles. The van der Waals surface area contributed by atoms with Crippen LogP contribution in [0.4, 0.5) is 4.39 Å². The highest BCUT2D eigenvalue weighted by Gasteiger charge is 2.34. The molecule has 170 valence electrons. The third-order valence-corrected chi connectivity index (χ3v) is 5.98. The van der Waals surface area contributed by atoms with Crippen LogP contribution in [0.15, 0.2) is 54.6 Å². The number of amides is 3. The molecule has 1 aliphatic heterocycles. The third-order valence-electron chi connectivity index (χ3n) is 5.98. The van der Waals surface area contributed by atoms with Gasteiger partial charge in [-0.25, -0.2) is 4.39 Å². The maximum atomic E-state index is 13.5. The number of nitrogens with zero attached hydrogens (tertiary/aromatic N) is 1. The van der Waals surface area contributed by atoms with E-state index in [1.807, 2.05) is 19.9 Å². The van der Waals surface area contributed by atoms with Crippen molar-refractivity contribution in [1.82, 2.24) is 15.5 Å². The van der Waals surface area contributed by atoms with Crippen LogP contribution < -0.4 is 10.6 Å². The molecule has 1 fully saturated rings. The maximum absolute atomic E-state index is 13.5. The number of rotatable bonds is 7. The molecule has 0 aromatic heterocycles. The number of hydrogen-bond acceptors (Lipinski definition) is 3. The first-order valence-electron chi connectivity index (χ1n) is 11.1. The van der Waals surface area contributed by atoms with E-state index in [1.54, 1.807) is 35.2 Å². The number of piperidine rings is 1. The fraction of sp³-hybridized carbons (Fsp3) is 0.400. The number of carbonyl (C=O) groups excluding carboxylic acids is 3. The highest BCUT2D eigenvalue weighted by Crippen LogP contribution is 2.23. The number of likely N-dealkylation sites (tertiary alicyclic amines) is 1. The summed E-state index contributed by atoms with van der Waals surface area (Å²) in [7, 11) is 0. The number of benzene rings is 2. The highest BCUT2D eigenvalue weighted by atomic mass is 19.1. The van der Waals surface area contributed by atoms with Crippen molar-refractivity contribution in [3.8, 4) is 0 Å². The Hall–Kier alpha value is -3.22. The second kappa shape index (κ2) is 10.9. The Bertz CT molecular complexity index is 942. The molecule has 7 heteroatoms. The fourth-order valence-electron chi connectivity index (χ4n) is 3.89. The summed E-state index contributed by atoms with van der Waals surface area (Å²) >= 11 is 0. The molecule has 2 atom stereocenters. The highest BCUT2D eigenvalue weighted by molar-refractivity contribution is 5.97. The molecular weight excluding hydrogens is 409 g/mol. The predicted octanol–water partition coefficient (Wildman–Crippen LogP) is 3.39. The Morgan fingerprint density at radius 1 is 1.00 bits per heavy atom. The number of hydrogen-bond donors (Lipinski definition) is 2. The zero-order valence-corrected chi connectivity index (χ0v) is 18.5. The molecule has 0 spiro atoms. The summed E-state index contributed by atoms with van der Waals surface area (Å²) in [6, 6.07) is 13.8. The summed E-state index contributed by atoms with van der Waals surface area (Å²) in [5, 5.41) is 5.89. The summed E-state index contributed by atoms with van der Waals surface area (Å²) < 4.78 is 13.5. The zero-order valence-electron chi connectivity index (χ0n) is 18.5. The van der Waals surface area contributed by atoms with Crippen LogP contribution in [0.5, 0.6) is 0 Å². The summed E-state index contributed by atoms with van der Waals surface area (Å²) in [4.78, 5) is 40.2. The summed E-state index contributed by atoms with van der Waals surface area (Å²) in [5.74, 6) is -1.29. The predicted molar refractivity (Wildman–Crippen MR) is 121 cm³/mol. The van der Waals surface area contributed by atoms with Crippen LogP contribution in [0.25, 0.3) is 0 Å². The average Bonchev–Trinajstić information content (AvgIpc) is 2.82. The van der Waals surface area contributed by atoms with Crippen LogP contribution in [0, 0.1) is 11.7 Å². The third kappa shape index (κ3) is 5.93. The monoisotopic (exact) mass is 439 g/mol. The molecule has 32 heavy (non-hydrogen) atoms. The van der Waals surface area contributed by atoms with E-state index in [0.717, 1.165) is 6.42 Å². The molecule has 2 aromatic rings. The van der Waals surface area contributed by atoms with Gasteiger partial charge in [-0.2, -0.15) is 0 Å². The molecule has 1 saturated heterocycles. The van der Waals surface area contributed by atoms with Gasteiger partial charge in [-0.1, -0.05) is 31.2 Å². The van der Waals surface area contributed by atoms with Crippen molar-refractivity contribution in [3.05, 3.63) is 71.5 Å². The van der Waals surface area contributed by atoms with Crippen molar-refractivity contribution >= 4 is 17.7 Å². The molecule has 0 saturated carbocycles. The molecule has 0 radical (unpaired) electrons. The largest absolute Gasteiger partial charge is 0.352 e. The van der Waals surface area contributed by atoms with Crippen molar-refractivity contribution in [2.75, 3.05) is 13.1 Å². The van der Waals surface area contributed by atoms with Crippen LogP contribution >= 0.6 is 0 Å². The van der Waals surface area contributed by atoms with Gasteiger partial charge in [0.25, 0.3) is 11.8 Å². The van der Waals surface area contributed by atoms with Crippen molar-refractivity contribution in [2.24, 2.45) is 5.92 Å². The Morgan fingerprint density at radius 2 is 1.66 bits per heavy atom. The van der Waals surface area contributed by atoms with Crippen LogP contribution in [0.2, 0.25) is 0 Å². The lowest BCUT2D eigenvalue weighted by Gasteiger charge is -2.36. The molecule has 0 bridgehead atoms. The SMILES string of the molecule is CCC(C)NC(=O)C(NC(=O)c1ccccc1)C1CCN(C(=O)c2cccc(F)c2)CC1. The lowest BCUT2D eigenvalue weighted by molar-refractivity contribution is -0.125. The van der Waals surface area contributed by atoms with E-state index < -0.39 is 11.9 Å². The Kier molecular flexibility index (Phi) is 7.98. The van der Waals surface area contributed by atoms with E-state index >= 15 is 0 Å². The van der Waals surface area contributed by atoms with E-state index in [-0.39, 0.29) is 29.7 Å². The Morgan fingerprint density at radius 3 is 2.28 bits per heavy atom. The zero-order chi connectivity index (χ0) is 23.1. The summed E-state index contributed by atoms with van der Waals surface area (Å²) in [5.41, 5.74) is 0.805. The first kappa shape index (κ1) is 23.4. The molecule has 0 aliphatic carbocycles. The van der Waals surface area contributed by atoms with Gasteiger partial charge < -0.3 is 15.5 Å². The quantitative estimate of drug-likeness (QED) is 0.694. The molecular formula is C25H30FN3O3. The van der Waals surface area contributed by atoms with Crippen molar-refractivity contribution in [1.29, 1.82) is 0 Å². The van der Waals surface area contributed by atoms with Crippen LogP contribution in [0.1, 0.15) is 53.8 Å². The van der Waals surface area contributed by atoms with E-state index in [0.29, 0.717) is 37.1 Å². The van der Waals surface area contributed by atoms with Gasteiger partial charge in [-0.05, 0) is 62.4 Å². The smallest absolute Gasteiger partial charge is 0.253 e. The Balaban J connectivity index is 1.69. The topological polar surface area (TPSA) is 78.5 Å². The molecule has 2 unspecified atom stereocenters. The standard InChI is InChI=1S/C25H30FN3O3/c1-3-17(2)27-24(31)22(28-23(30)19-8-5-4-6-9-19)18-12-14-29(15-13-18)25(32)20-10-7-11-21(26)16-20/h4-11,16-18,22H,3,12-15H2,1-2H3,(H,27,31)(H,28,30). The minimum atomic E-state index is -0.692. The minimum absolute atomic E-state index is 0.00623. The van der Waals surface area contributed by atoms with Gasteiger partial charge >= 0.3 is 0 Å². The van der Waals surface area contributed by atoms with Gasteiger partial charge in [0, 0.05) is 30.3 Å². The van der Waals surface area contributed by atoms with Crippen molar-refractivity contribution < 1.29 is 18.8 Å². The average molecular weight is 440 g/mol. The first-order chi connectivity index (χ1) is 15.4. The Labute approximate surface area is 188 Å². The maximum Gasteiger partial charge on any atom is 0.253 e. The second-order valence-corrected chi connectivity index (χ2v) is 8.28. The van der Waals surface area contributed by atoms with Gasteiger partial charge in [0.1, 0.15) is 11.9 Å². The molecule has 2 aromatic carbocycles. The molecule has 3 rings (SSSR count). The number of carbonyl (C=O) groups is 3. The second-order valence-electron chi connectivity index (χ2n) is 8.28. The van der Waals surface area contributed by atoms with E-state index in [2.05, 4.69) is 10.6 Å². The van der Waals surface area contributed by atoms with Gasteiger partial charge in [0.2, 0.25) is 5.91 Å². The molecule has 1 aliphatic rings. The van der Waals surface area contributed by atoms with Crippen LogP contribution in [-0.2, 0) is 4.79 Å². The molecule has 6 nitrogen and oxygen atoms in total. The van der Waals surface area contributed by atoms with E-state index in [1.165, 1.54) is 18.2 Å². The first-order valence-corrected chi connectivity index (χ1v) is 11.1. The molecule has 2 N–H and O–H groups in total. The summed E-state index contributed by atoms with van der Waals surface area (Å²) in [6.07, 6.45) is 1.91. The van der Waals surface area contributed by atoms with E-state index in [4.69, 9.17) is 0 Å². The molecule has 3 amide bonds. The lowest BCUT2D eigenvalue weighted by Crippen LogP contribution is -2.55. The van der Waals surface area contributed by atoms with Gasteiger partial charge in [0.15, 0.2) is 0 Å².